The third kappa shape index (κ3) is 2.32. The van der Waals surface area contributed by atoms with E-state index in [0.717, 1.165) is 17.2 Å². The van der Waals surface area contributed by atoms with Crippen LogP contribution in [0, 0.1) is 0 Å². The average molecular weight is 277 g/mol. The largest absolute Gasteiger partial charge is 0.398 e. The van der Waals surface area contributed by atoms with Crippen molar-refractivity contribution >= 4 is 17.3 Å². The number of aryl methyl sites for hydroxylation is 1. The van der Waals surface area contributed by atoms with Crippen molar-refractivity contribution in [2.75, 3.05) is 5.73 Å². The summed E-state index contributed by atoms with van der Waals surface area (Å²) in [6, 6.07) is 5.48. The molecule has 1 aromatic carbocycles. The summed E-state index contributed by atoms with van der Waals surface area (Å²) in [6.45, 7) is 0. The highest BCUT2D eigenvalue weighted by atomic mass is 35.5. The number of aromatic nitrogens is 3. The number of nitrogens with two attached hydrogens (primary N) is 1. The van der Waals surface area contributed by atoms with Crippen LogP contribution >= 0.6 is 11.6 Å². The Morgan fingerprint density at radius 3 is 2.74 bits per heavy atom. The standard InChI is InChI=1S/C14H17ClN4/c1-19-14(11-7-6-10(15)8-12(11)16)17-13(18-19)9-4-2-3-5-9/h6-9H,2-5,16H2,1H3. The van der Waals surface area contributed by atoms with Crippen LogP contribution in [-0.2, 0) is 7.05 Å². The van der Waals surface area contributed by atoms with Gasteiger partial charge in [0.1, 0.15) is 0 Å². The normalized spacial score (nSPS) is 16.1. The Balaban J connectivity index is 2.00. The van der Waals surface area contributed by atoms with Crippen LogP contribution in [0.3, 0.4) is 0 Å². The van der Waals surface area contributed by atoms with Gasteiger partial charge < -0.3 is 5.73 Å². The van der Waals surface area contributed by atoms with Crippen molar-refractivity contribution in [1.29, 1.82) is 0 Å². The molecule has 2 aromatic rings. The summed E-state index contributed by atoms with van der Waals surface area (Å²) in [5, 5.41) is 5.19. The lowest BCUT2D eigenvalue weighted by molar-refractivity contribution is 0.648. The molecule has 0 amide bonds. The van der Waals surface area contributed by atoms with E-state index in [0.29, 0.717) is 16.6 Å². The second kappa shape index (κ2) is 4.85. The van der Waals surface area contributed by atoms with Crippen molar-refractivity contribution in [3.63, 3.8) is 0 Å². The predicted octanol–water partition coefficient (Wildman–Crippen LogP) is 3.38. The van der Waals surface area contributed by atoms with Crippen LogP contribution in [0.4, 0.5) is 5.69 Å². The summed E-state index contributed by atoms with van der Waals surface area (Å²) in [4.78, 5) is 4.68. The molecule has 0 radical (unpaired) electrons. The first-order valence-corrected chi connectivity index (χ1v) is 6.99. The summed E-state index contributed by atoms with van der Waals surface area (Å²) in [5.41, 5.74) is 7.55. The Morgan fingerprint density at radius 2 is 2.05 bits per heavy atom. The van der Waals surface area contributed by atoms with Crippen molar-refractivity contribution in [1.82, 2.24) is 14.8 Å². The van der Waals surface area contributed by atoms with Gasteiger partial charge in [0.15, 0.2) is 11.6 Å². The highest BCUT2D eigenvalue weighted by Gasteiger charge is 2.23. The number of hydrogen-bond donors (Lipinski definition) is 1. The molecule has 0 unspecified atom stereocenters. The van der Waals surface area contributed by atoms with Crippen molar-refractivity contribution in [2.24, 2.45) is 7.05 Å². The second-order valence-corrected chi connectivity index (χ2v) is 5.57. The predicted molar refractivity (Wildman–Crippen MR) is 77.1 cm³/mol. The molecule has 3 rings (SSSR count). The molecule has 5 heteroatoms. The molecule has 0 aliphatic heterocycles. The number of halogens is 1. The fraction of sp³-hybridized carbons (Fsp3) is 0.429. The SMILES string of the molecule is Cn1nc(C2CCCC2)nc1-c1ccc(Cl)cc1N. The summed E-state index contributed by atoms with van der Waals surface area (Å²) < 4.78 is 1.81. The van der Waals surface area contributed by atoms with E-state index in [1.54, 1.807) is 6.07 Å². The fourth-order valence-corrected chi connectivity index (χ4v) is 2.91. The second-order valence-electron chi connectivity index (χ2n) is 5.13. The lowest BCUT2D eigenvalue weighted by atomic mass is 10.1. The van der Waals surface area contributed by atoms with Gasteiger partial charge in [-0.2, -0.15) is 5.10 Å². The molecule has 4 nitrogen and oxygen atoms in total. The molecule has 1 aliphatic rings. The van der Waals surface area contributed by atoms with Crippen LogP contribution in [0.5, 0.6) is 0 Å². The number of benzene rings is 1. The van der Waals surface area contributed by atoms with E-state index >= 15 is 0 Å². The summed E-state index contributed by atoms with van der Waals surface area (Å²) in [5.74, 6) is 2.27. The molecule has 1 heterocycles. The maximum Gasteiger partial charge on any atom is 0.160 e. The number of nitrogen functional groups attached to an aromatic ring is 1. The van der Waals surface area contributed by atoms with Crippen LogP contribution < -0.4 is 5.73 Å². The third-order valence-corrected chi connectivity index (χ3v) is 3.99. The van der Waals surface area contributed by atoms with E-state index in [1.807, 2.05) is 23.9 Å². The van der Waals surface area contributed by atoms with Crippen LogP contribution in [0.1, 0.15) is 37.4 Å². The van der Waals surface area contributed by atoms with Gasteiger partial charge in [-0.15, -0.1) is 0 Å². The zero-order chi connectivity index (χ0) is 13.4. The Bertz CT molecular complexity index is 599. The van der Waals surface area contributed by atoms with E-state index in [-0.39, 0.29) is 0 Å². The van der Waals surface area contributed by atoms with Gasteiger partial charge in [0.2, 0.25) is 0 Å². The van der Waals surface area contributed by atoms with Crippen molar-refractivity contribution in [3.8, 4) is 11.4 Å². The molecule has 0 spiro atoms. The van der Waals surface area contributed by atoms with E-state index in [1.165, 1.54) is 25.7 Å². The Hall–Kier alpha value is -1.55. The van der Waals surface area contributed by atoms with Gasteiger partial charge in [-0.05, 0) is 31.0 Å². The van der Waals surface area contributed by atoms with Crippen molar-refractivity contribution < 1.29 is 0 Å². The molecule has 100 valence electrons. The smallest absolute Gasteiger partial charge is 0.160 e. The molecular formula is C14H17ClN4. The molecule has 0 atom stereocenters. The van der Waals surface area contributed by atoms with Gasteiger partial charge in [-0.25, -0.2) is 9.67 Å². The molecule has 1 fully saturated rings. The zero-order valence-corrected chi connectivity index (χ0v) is 11.7. The summed E-state index contributed by atoms with van der Waals surface area (Å²) >= 11 is 5.93. The highest BCUT2D eigenvalue weighted by molar-refractivity contribution is 6.31. The Labute approximate surface area is 117 Å². The van der Waals surface area contributed by atoms with Crippen LogP contribution in [-0.4, -0.2) is 14.8 Å². The average Bonchev–Trinajstić information content (AvgIpc) is 2.98. The molecule has 0 saturated heterocycles. The number of hydrogen-bond acceptors (Lipinski definition) is 3. The first-order valence-electron chi connectivity index (χ1n) is 6.61. The van der Waals surface area contributed by atoms with E-state index in [2.05, 4.69) is 10.1 Å². The fourth-order valence-electron chi connectivity index (χ4n) is 2.73. The summed E-state index contributed by atoms with van der Waals surface area (Å²) in [6.07, 6.45) is 4.95. The minimum Gasteiger partial charge on any atom is -0.398 e. The first kappa shape index (κ1) is 12.5. The molecular weight excluding hydrogens is 260 g/mol. The molecule has 1 saturated carbocycles. The number of nitrogens with zero attached hydrogens (tertiary/aromatic N) is 3. The molecule has 1 aliphatic carbocycles. The maximum absolute atomic E-state index is 6.02. The highest BCUT2D eigenvalue weighted by Crippen LogP contribution is 2.34. The first-order chi connectivity index (χ1) is 9.15. The quantitative estimate of drug-likeness (QED) is 0.856. The number of anilines is 1. The van der Waals surface area contributed by atoms with Gasteiger partial charge >= 0.3 is 0 Å². The number of rotatable bonds is 2. The van der Waals surface area contributed by atoms with E-state index in [9.17, 15) is 0 Å². The zero-order valence-electron chi connectivity index (χ0n) is 10.9. The Kier molecular flexibility index (Phi) is 3.19. The van der Waals surface area contributed by atoms with Crippen LogP contribution in [0.15, 0.2) is 18.2 Å². The molecule has 19 heavy (non-hydrogen) atoms. The van der Waals surface area contributed by atoms with Crippen molar-refractivity contribution in [2.45, 2.75) is 31.6 Å². The van der Waals surface area contributed by atoms with Crippen molar-refractivity contribution in [3.05, 3.63) is 29.0 Å². The molecule has 1 aromatic heterocycles. The molecule has 2 N–H and O–H groups in total. The summed E-state index contributed by atoms with van der Waals surface area (Å²) in [7, 11) is 1.91. The topological polar surface area (TPSA) is 56.7 Å². The van der Waals surface area contributed by atoms with E-state index in [4.69, 9.17) is 17.3 Å². The third-order valence-electron chi connectivity index (χ3n) is 3.75. The van der Waals surface area contributed by atoms with Crippen LogP contribution in [0.2, 0.25) is 5.02 Å². The maximum atomic E-state index is 6.02. The minimum absolute atomic E-state index is 0.508. The van der Waals surface area contributed by atoms with Gasteiger partial charge in [0.05, 0.1) is 0 Å². The van der Waals surface area contributed by atoms with Gasteiger partial charge in [0.25, 0.3) is 0 Å². The van der Waals surface area contributed by atoms with Gasteiger partial charge in [0, 0.05) is 29.2 Å². The molecule has 0 bridgehead atoms. The lowest BCUT2D eigenvalue weighted by Crippen LogP contribution is -1.98. The van der Waals surface area contributed by atoms with Gasteiger partial charge in [-0.1, -0.05) is 24.4 Å². The monoisotopic (exact) mass is 276 g/mol. The lowest BCUT2D eigenvalue weighted by Gasteiger charge is -2.04. The van der Waals surface area contributed by atoms with Crippen LogP contribution in [0.25, 0.3) is 11.4 Å². The Morgan fingerprint density at radius 1 is 1.32 bits per heavy atom. The van der Waals surface area contributed by atoms with Gasteiger partial charge in [-0.3, -0.25) is 0 Å². The minimum atomic E-state index is 0.508. The van der Waals surface area contributed by atoms with E-state index < -0.39 is 0 Å².